The number of hydrogen-bond acceptors (Lipinski definition) is 2. The Kier molecular flexibility index (Phi) is 5.23. The lowest BCUT2D eigenvalue weighted by molar-refractivity contribution is -0.0290. The van der Waals surface area contributed by atoms with Crippen LogP contribution in [0.3, 0.4) is 0 Å². The third kappa shape index (κ3) is 4.74. The van der Waals surface area contributed by atoms with Gasteiger partial charge in [0, 0.05) is 6.54 Å². The second-order valence-electron chi connectivity index (χ2n) is 6.50. The molecule has 1 saturated carbocycles. The van der Waals surface area contributed by atoms with Crippen molar-refractivity contribution in [3.05, 3.63) is 35.9 Å². The van der Waals surface area contributed by atoms with E-state index in [2.05, 4.69) is 24.5 Å². The minimum absolute atomic E-state index is 0.00207. The second-order valence-corrected chi connectivity index (χ2v) is 6.50. The van der Waals surface area contributed by atoms with Crippen molar-refractivity contribution in [3.8, 4) is 0 Å². The highest BCUT2D eigenvalue weighted by Gasteiger charge is 2.34. The molecule has 0 aliphatic heterocycles. The molecular formula is C17H26N2O2. The fourth-order valence-corrected chi connectivity index (χ4v) is 2.65. The first-order valence-electron chi connectivity index (χ1n) is 7.80. The molecule has 0 spiro atoms. The van der Waals surface area contributed by atoms with Crippen molar-refractivity contribution in [1.82, 2.24) is 10.6 Å². The number of aliphatic hydroxyl groups is 1. The molecule has 0 radical (unpaired) electrons. The molecule has 1 aromatic rings. The molecule has 4 nitrogen and oxygen atoms in total. The first-order chi connectivity index (χ1) is 9.98. The van der Waals surface area contributed by atoms with Gasteiger partial charge in [0.2, 0.25) is 0 Å². The fraction of sp³-hybridized carbons (Fsp3) is 0.588. The van der Waals surface area contributed by atoms with Gasteiger partial charge in [-0.05, 0) is 37.2 Å². The van der Waals surface area contributed by atoms with Crippen LogP contribution in [0.1, 0.15) is 51.1 Å². The molecule has 0 aromatic heterocycles. The summed E-state index contributed by atoms with van der Waals surface area (Å²) in [6, 6.07) is 9.81. The molecule has 0 heterocycles. The maximum absolute atomic E-state index is 12.1. The number of amides is 2. The van der Waals surface area contributed by atoms with Gasteiger partial charge in [-0.15, -0.1) is 0 Å². The SMILES string of the molecule is CC(C)CC(NC(=O)NCC1(O)CCC1)c1ccccc1. The lowest BCUT2D eigenvalue weighted by Gasteiger charge is -2.36. The lowest BCUT2D eigenvalue weighted by atomic mass is 9.80. The van der Waals surface area contributed by atoms with E-state index in [0.717, 1.165) is 31.2 Å². The van der Waals surface area contributed by atoms with Crippen LogP contribution >= 0.6 is 0 Å². The van der Waals surface area contributed by atoms with E-state index < -0.39 is 5.60 Å². The van der Waals surface area contributed by atoms with Crippen molar-refractivity contribution in [3.63, 3.8) is 0 Å². The minimum Gasteiger partial charge on any atom is -0.388 e. The van der Waals surface area contributed by atoms with Crippen LogP contribution in [0.4, 0.5) is 4.79 Å². The molecule has 0 saturated heterocycles. The standard InChI is InChI=1S/C17H26N2O2/c1-13(2)11-15(14-7-4-3-5-8-14)19-16(20)18-12-17(21)9-6-10-17/h3-5,7-8,13,15,21H,6,9-12H2,1-2H3,(H2,18,19,20). The number of urea groups is 1. The van der Waals surface area contributed by atoms with Crippen molar-refractivity contribution < 1.29 is 9.90 Å². The summed E-state index contributed by atoms with van der Waals surface area (Å²) in [4.78, 5) is 12.1. The van der Waals surface area contributed by atoms with Crippen LogP contribution in [0.25, 0.3) is 0 Å². The summed E-state index contributed by atoms with van der Waals surface area (Å²) in [5, 5.41) is 15.8. The van der Waals surface area contributed by atoms with E-state index >= 15 is 0 Å². The summed E-state index contributed by atoms with van der Waals surface area (Å²) in [6.07, 6.45) is 3.49. The molecule has 0 bridgehead atoms. The van der Waals surface area contributed by atoms with E-state index in [1.165, 1.54) is 0 Å². The molecule has 3 N–H and O–H groups in total. The van der Waals surface area contributed by atoms with Crippen LogP contribution in [-0.4, -0.2) is 23.3 Å². The maximum Gasteiger partial charge on any atom is 0.315 e. The zero-order chi connectivity index (χ0) is 15.3. The molecule has 2 rings (SSSR count). The Morgan fingerprint density at radius 2 is 1.95 bits per heavy atom. The largest absolute Gasteiger partial charge is 0.388 e. The molecule has 1 atom stereocenters. The van der Waals surface area contributed by atoms with Crippen LogP contribution in [0.15, 0.2) is 30.3 Å². The minimum atomic E-state index is -0.683. The number of rotatable bonds is 6. The van der Waals surface area contributed by atoms with Crippen molar-refractivity contribution in [2.75, 3.05) is 6.54 Å². The highest BCUT2D eigenvalue weighted by molar-refractivity contribution is 5.74. The number of benzene rings is 1. The number of hydrogen-bond donors (Lipinski definition) is 3. The Morgan fingerprint density at radius 1 is 1.29 bits per heavy atom. The summed E-state index contributed by atoms with van der Waals surface area (Å²) in [6.45, 7) is 4.63. The third-order valence-electron chi connectivity index (χ3n) is 4.08. The Morgan fingerprint density at radius 3 is 2.48 bits per heavy atom. The summed E-state index contributed by atoms with van der Waals surface area (Å²) < 4.78 is 0. The monoisotopic (exact) mass is 290 g/mol. The Bertz CT molecular complexity index is 455. The van der Waals surface area contributed by atoms with Gasteiger partial charge >= 0.3 is 6.03 Å². The molecule has 1 aliphatic carbocycles. The average Bonchev–Trinajstić information content (AvgIpc) is 2.43. The molecule has 21 heavy (non-hydrogen) atoms. The van der Waals surface area contributed by atoms with Crippen molar-refractivity contribution >= 4 is 6.03 Å². The predicted molar refractivity (Wildman–Crippen MR) is 84.0 cm³/mol. The van der Waals surface area contributed by atoms with Gasteiger partial charge in [0.15, 0.2) is 0 Å². The first kappa shape index (κ1) is 15.8. The van der Waals surface area contributed by atoms with Crippen LogP contribution in [0.5, 0.6) is 0 Å². The summed E-state index contributed by atoms with van der Waals surface area (Å²) >= 11 is 0. The predicted octanol–water partition coefficient (Wildman–Crippen LogP) is 2.99. The Hall–Kier alpha value is -1.55. The van der Waals surface area contributed by atoms with Gasteiger partial charge in [-0.25, -0.2) is 4.79 Å². The highest BCUT2D eigenvalue weighted by atomic mass is 16.3. The molecule has 1 unspecified atom stereocenters. The molecular weight excluding hydrogens is 264 g/mol. The number of carbonyl (C=O) groups is 1. The summed E-state index contributed by atoms with van der Waals surface area (Å²) in [5.74, 6) is 0.492. The Labute approximate surface area is 126 Å². The van der Waals surface area contributed by atoms with Crippen LogP contribution in [-0.2, 0) is 0 Å². The topological polar surface area (TPSA) is 61.4 Å². The fourth-order valence-electron chi connectivity index (χ4n) is 2.65. The smallest absolute Gasteiger partial charge is 0.315 e. The van der Waals surface area contributed by atoms with E-state index in [4.69, 9.17) is 0 Å². The average molecular weight is 290 g/mol. The third-order valence-corrected chi connectivity index (χ3v) is 4.08. The molecule has 116 valence electrons. The maximum atomic E-state index is 12.1. The first-order valence-corrected chi connectivity index (χ1v) is 7.80. The lowest BCUT2D eigenvalue weighted by Crippen LogP contribution is -2.50. The van der Waals surface area contributed by atoms with Crippen molar-refractivity contribution in [2.45, 2.75) is 51.2 Å². The van der Waals surface area contributed by atoms with Gasteiger partial charge in [0.05, 0.1) is 11.6 Å². The molecule has 1 aromatic carbocycles. The van der Waals surface area contributed by atoms with E-state index in [0.29, 0.717) is 12.5 Å². The second kappa shape index (κ2) is 6.94. The molecule has 1 aliphatic rings. The normalized spacial score (nSPS) is 17.9. The highest BCUT2D eigenvalue weighted by Crippen LogP contribution is 2.30. The van der Waals surface area contributed by atoms with E-state index in [-0.39, 0.29) is 12.1 Å². The zero-order valence-electron chi connectivity index (χ0n) is 12.9. The van der Waals surface area contributed by atoms with Crippen LogP contribution in [0, 0.1) is 5.92 Å². The van der Waals surface area contributed by atoms with Crippen LogP contribution < -0.4 is 10.6 Å². The molecule has 4 heteroatoms. The van der Waals surface area contributed by atoms with Gasteiger partial charge in [0.25, 0.3) is 0 Å². The number of nitrogens with one attached hydrogen (secondary N) is 2. The summed E-state index contributed by atoms with van der Waals surface area (Å²) in [5.41, 5.74) is 0.432. The van der Waals surface area contributed by atoms with E-state index in [9.17, 15) is 9.90 Å². The molecule has 1 fully saturated rings. The quantitative estimate of drug-likeness (QED) is 0.754. The van der Waals surface area contributed by atoms with Gasteiger partial charge in [-0.3, -0.25) is 0 Å². The van der Waals surface area contributed by atoms with E-state index in [1.54, 1.807) is 0 Å². The Balaban J connectivity index is 1.90. The van der Waals surface area contributed by atoms with Crippen molar-refractivity contribution in [1.29, 1.82) is 0 Å². The van der Waals surface area contributed by atoms with Gasteiger partial charge in [-0.2, -0.15) is 0 Å². The van der Waals surface area contributed by atoms with Crippen molar-refractivity contribution in [2.24, 2.45) is 5.92 Å². The molecule has 2 amide bonds. The zero-order valence-corrected chi connectivity index (χ0v) is 12.9. The van der Waals surface area contributed by atoms with Gasteiger partial charge in [-0.1, -0.05) is 44.2 Å². The van der Waals surface area contributed by atoms with E-state index in [1.807, 2.05) is 30.3 Å². The van der Waals surface area contributed by atoms with Crippen LogP contribution in [0.2, 0.25) is 0 Å². The van der Waals surface area contributed by atoms with Gasteiger partial charge < -0.3 is 15.7 Å². The van der Waals surface area contributed by atoms with Gasteiger partial charge in [0.1, 0.15) is 0 Å². The number of carbonyl (C=O) groups excluding carboxylic acids is 1. The summed E-state index contributed by atoms with van der Waals surface area (Å²) in [7, 11) is 0.